The number of hydrogen-bond donors (Lipinski definition) is 3. The summed E-state index contributed by atoms with van der Waals surface area (Å²) in [6.07, 6.45) is 6.01. The van der Waals surface area contributed by atoms with Crippen LogP contribution >= 0.6 is 0 Å². The molecule has 0 bridgehead atoms. The van der Waals surface area contributed by atoms with Gasteiger partial charge in [0.15, 0.2) is 0 Å². The van der Waals surface area contributed by atoms with Crippen LogP contribution in [0.1, 0.15) is 40.9 Å². The maximum atomic E-state index is 11.2. The normalized spacial score (nSPS) is 14.1. The molecule has 1 amide bonds. The molecule has 0 saturated heterocycles. The van der Waals surface area contributed by atoms with Crippen molar-refractivity contribution < 1.29 is 4.79 Å². The summed E-state index contributed by atoms with van der Waals surface area (Å²) in [5, 5.41) is 3.93. The van der Waals surface area contributed by atoms with E-state index in [1.54, 1.807) is 6.07 Å². The van der Waals surface area contributed by atoms with Crippen LogP contribution in [0.2, 0.25) is 0 Å². The minimum atomic E-state index is -0.351. The summed E-state index contributed by atoms with van der Waals surface area (Å²) in [5.41, 5.74) is 9.79. The molecule has 0 radical (unpaired) electrons. The number of carbonyl (C=O) groups excluding carboxylic acids is 1. The van der Waals surface area contributed by atoms with Crippen LogP contribution in [0.4, 0.5) is 0 Å². The molecule has 1 aromatic carbocycles. The molecule has 1 aliphatic carbocycles. The molecule has 0 aliphatic heterocycles. The molecule has 1 aliphatic rings. The van der Waals surface area contributed by atoms with E-state index < -0.39 is 0 Å². The monoisotopic (exact) mass is 273 g/mol. The van der Waals surface area contributed by atoms with E-state index in [0.717, 1.165) is 18.4 Å². The van der Waals surface area contributed by atoms with Crippen LogP contribution < -0.4 is 11.1 Å². The topological polar surface area (TPSA) is 70.9 Å². The molecule has 4 nitrogen and oxygen atoms in total. The number of primary amides is 1. The van der Waals surface area contributed by atoms with Gasteiger partial charge in [-0.05, 0) is 63.5 Å². The van der Waals surface area contributed by atoms with E-state index in [-0.39, 0.29) is 5.91 Å². The minimum Gasteiger partial charge on any atom is -0.366 e. The molecular weight excluding hydrogens is 250 g/mol. The molecule has 108 valence electrons. The van der Waals surface area contributed by atoms with Gasteiger partial charge in [0.05, 0.1) is 0 Å². The smallest absolute Gasteiger partial charge is 0.248 e. The van der Waals surface area contributed by atoms with E-state index in [2.05, 4.69) is 10.3 Å². The zero-order valence-corrected chi connectivity index (χ0v) is 12.3. The van der Waals surface area contributed by atoms with Gasteiger partial charge in [0.1, 0.15) is 0 Å². The van der Waals surface area contributed by atoms with E-state index in [0.29, 0.717) is 5.56 Å². The van der Waals surface area contributed by atoms with E-state index >= 15 is 0 Å². The van der Waals surface area contributed by atoms with Gasteiger partial charge in [0, 0.05) is 22.2 Å². The number of benzene rings is 1. The standard InChI is InChI=1S/C14H16N2O.C2H7N/c15-14(17)9-6-7-13-11(8-9)10-4-2-1-3-5-12(10)16-13;1-3-2/h6-8,16H,1-5H2,(H2,15,17);3H,1-2H3. The number of H-pyrrole nitrogens is 1. The molecular formula is C16H23N3O. The Morgan fingerprint density at radius 1 is 1.20 bits per heavy atom. The Kier molecular flexibility index (Phi) is 4.79. The predicted molar refractivity (Wildman–Crippen MR) is 83.1 cm³/mol. The molecule has 4 heteroatoms. The van der Waals surface area contributed by atoms with Gasteiger partial charge in [-0.1, -0.05) is 6.42 Å². The Labute approximate surface area is 119 Å². The van der Waals surface area contributed by atoms with Gasteiger partial charge in [-0.2, -0.15) is 0 Å². The average Bonchev–Trinajstić information content (AvgIpc) is 2.61. The lowest BCUT2D eigenvalue weighted by Crippen LogP contribution is -2.10. The van der Waals surface area contributed by atoms with Crippen LogP contribution in [0.5, 0.6) is 0 Å². The zero-order valence-electron chi connectivity index (χ0n) is 12.3. The zero-order chi connectivity index (χ0) is 14.5. The number of aromatic amines is 1. The number of aryl methyl sites for hydroxylation is 2. The molecule has 0 unspecified atom stereocenters. The fraction of sp³-hybridized carbons (Fsp3) is 0.438. The molecule has 0 saturated carbocycles. The summed E-state index contributed by atoms with van der Waals surface area (Å²) in [7, 11) is 3.75. The van der Waals surface area contributed by atoms with Crippen LogP contribution in [-0.4, -0.2) is 25.0 Å². The number of carbonyl (C=O) groups is 1. The second kappa shape index (κ2) is 6.57. The fourth-order valence-electron chi connectivity index (χ4n) is 2.74. The molecule has 1 heterocycles. The molecule has 0 fully saturated rings. The SMILES string of the molecule is CNC.NC(=O)c1ccc2[nH]c3c(c2c1)CCCCC3. The first-order valence-electron chi connectivity index (χ1n) is 7.19. The highest BCUT2D eigenvalue weighted by Crippen LogP contribution is 2.28. The van der Waals surface area contributed by atoms with Gasteiger partial charge in [-0.3, -0.25) is 4.79 Å². The Hall–Kier alpha value is -1.81. The van der Waals surface area contributed by atoms with Gasteiger partial charge in [0.2, 0.25) is 5.91 Å². The second-order valence-corrected chi connectivity index (χ2v) is 5.27. The number of rotatable bonds is 1. The number of nitrogens with two attached hydrogens (primary N) is 1. The van der Waals surface area contributed by atoms with E-state index in [9.17, 15) is 4.79 Å². The fourth-order valence-corrected chi connectivity index (χ4v) is 2.74. The number of hydrogen-bond acceptors (Lipinski definition) is 2. The van der Waals surface area contributed by atoms with Crippen molar-refractivity contribution in [2.24, 2.45) is 5.73 Å². The van der Waals surface area contributed by atoms with Crippen LogP contribution in [0.3, 0.4) is 0 Å². The summed E-state index contributed by atoms with van der Waals surface area (Å²) in [4.78, 5) is 14.7. The maximum absolute atomic E-state index is 11.2. The highest BCUT2D eigenvalue weighted by molar-refractivity contribution is 5.98. The van der Waals surface area contributed by atoms with Crippen molar-refractivity contribution in [3.8, 4) is 0 Å². The first-order valence-corrected chi connectivity index (χ1v) is 7.19. The van der Waals surface area contributed by atoms with Crippen LogP contribution in [-0.2, 0) is 12.8 Å². The Morgan fingerprint density at radius 2 is 1.90 bits per heavy atom. The van der Waals surface area contributed by atoms with Crippen LogP contribution in [0.15, 0.2) is 18.2 Å². The van der Waals surface area contributed by atoms with Gasteiger partial charge in [0.25, 0.3) is 0 Å². The van der Waals surface area contributed by atoms with Crippen molar-refractivity contribution in [3.05, 3.63) is 35.0 Å². The maximum Gasteiger partial charge on any atom is 0.248 e. The Bertz CT molecular complexity index is 601. The quantitative estimate of drug-likeness (QED) is 0.698. The number of fused-ring (bicyclic) bond motifs is 3. The van der Waals surface area contributed by atoms with Crippen molar-refractivity contribution >= 4 is 16.8 Å². The van der Waals surface area contributed by atoms with Crippen LogP contribution in [0, 0.1) is 0 Å². The third kappa shape index (κ3) is 3.02. The van der Waals surface area contributed by atoms with Crippen molar-refractivity contribution in [1.29, 1.82) is 0 Å². The second-order valence-electron chi connectivity index (χ2n) is 5.27. The third-order valence-electron chi connectivity index (χ3n) is 3.63. The van der Waals surface area contributed by atoms with Crippen molar-refractivity contribution in [2.45, 2.75) is 32.1 Å². The number of nitrogens with one attached hydrogen (secondary N) is 2. The van der Waals surface area contributed by atoms with E-state index in [4.69, 9.17) is 5.73 Å². The molecule has 1 aromatic heterocycles. The summed E-state index contributed by atoms with van der Waals surface area (Å²) in [5.74, 6) is -0.351. The highest BCUT2D eigenvalue weighted by Gasteiger charge is 2.15. The minimum absolute atomic E-state index is 0.351. The first kappa shape index (κ1) is 14.6. The first-order chi connectivity index (χ1) is 9.67. The summed E-state index contributed by atoms with van der Waals surface area (Å²) >= 11 is 0. The van der Waals surface area contributed by atoms with Gasteiger partial charge in [-0.15, -0.1) is 0 Å². The van der Waals surface area contributed by atoms with Crippen molar-refractivity contribution in [2.75, 3.05) is 14.1 Å². The average molecular weight is 273 g/mol. The van der Waals surface area contributed by atoms with Gasteiger partial charge in [-0.25, -0.2) is 0 Å². The lowest BCUT2D eigenvalue weighted by Gasteiger charge is -1.99. The highest BCUT2D eigenvalue weighted by atomic mass is 16.1. The Morgan fingerprint density at radius 3 is 2.60 bits per heavy atom. The van der Waals surface area contributed by atoms with Crippen molar-refractivity contribution in [1.82, 2.24) is 10.3 Å². The predicted octanol–water partition coefficient (Wildman–Crippen LogP) is 2.37. The molecule has 0 spiro atoms. The van der Waals surface area contributed by atoms with Crippen molar-refractivity contribution in [3.63, 3.8) is 0 Å². The molecule has 2 aromatic rings. The molecule has 20 heavy (non-hydrogen) atoms. The largest absolute Gasteiger partial charge is 0.366 e. The summed E-state index contributed by atoms with van der Waals surface area (Å²) < 4.78 is 0. The van der Waals surface area contributed by atoms with E-state index in [1.807, 2.05) is 26.2 Å². The molecule has 4 N–H and O–H groups in total. The van der Waals surface area contributed by atoms with Crippen LogP contribution in [0.25, 0.3) is 10.9 Å². The molecule has 0 atom stereocenters. The summed E-state index contributed by atoms with van der Waals surface area (Å²) in [6, 6.07) is 5.68. The third-order valence-corrected chi connectivity index (χ3v) is 3.63. The molecule has 3 rings (SSSR count). The lowest BCUT2D eigenvalue weighted by molar-refractivity contribution is 0.100. The van der Waals surface area contributed by atoms with Gasteiger partial charge < -0.3 is 16.0 Å². The Balaban J connectivity index is 0.000000452. The number of amides is 1. The van der Waals surface area contributed by atoms with E-state index in [1.165, 1.54) is 35.9 Å². The number of aromatic nitrogens is 1. The van der Waals surface area contributed by atoms with Gasteiger partial charge >= 0.3 is 0 Å². The summed E-state index contributed by atoms with van der Waals surface area (Å²) in [6.45, 7) is 0. The lowest BCUT2D eigenvalue weighted by atomic mass is 10.0.